The fraction of sp³-hybridized carbons (Fsp3) is 0.464. The van der Waals surface area contributed by atoms with Gasteiger partial charge in [0.1, 0.15) is 12.6 Å². The van der Waals surface area contributed by atoms with Crippen molar-refractivity contribution in [3.05, 3.63) is 59.7 Å². The Kier molecular flexibility index (Phi) is 7.15. The lowest BCUT2D eigenvalue weighted by atomic mass is 9.85. The first-order valence-electron chi connectivity index (χ1n) is 12.3. The maximum Gasteiger partial charge on any atom is 0.407 e. The van der Waals surface area contributed by atoms with Crippen LogP contribution in [0.4, 0.5) is 4.79 Å². The molecule has 1 heterocycles. The Labute approximate surface area is 206 Å². The van der Waals surface area contributed by atoms with Gasteiger partial charge in [-0.2, -0.15) is 0 Å². The molecule has 35 heavy (non-hydrogen) atoms. The summed E-state index contributed by atoms with van der Waals surface area (Å²) in [5, 5.41) is 12.4. The molecule has 0 saturated carbocycles. The molecule has 0 radical (unpaired) electrons. The van der Waals surface area contributed by atoms with Crippen LogP contribution in [0, 0.1) is 5.41 Å². The van der Waals surface area contributed by atoms with Gasteiger partial charge in [0.05, 0.1) is 0 Å². The fourth-order valence-corrected chi connectivity index (χ4v) is 5.45. The first-order chi connectivity index (χ1) is 16.7. The molecule has 186 valence electrons. The number of benzene rings is 2. The van der Waals surface area contributed by atoms with E-state index >= 15 is 0 Å². The lowest BCUT2D eigenvalue weighted by molar-refractivity contribution is -0.151. The van der Waals surface area contributed by atoms with Gasteiger partial charge in [-0.1, -0.05) is 62.4 Å². The summed E-state index contributed by atoms with van der Waals surface area (Å²) in [6, 6.07) is 15.4. The van der Waals surface area contributed by atoms with E-state index in [1.54, 1.807) is 0 Å². The van der Waals surface area contributed by atoms with E-state index in [0.29, 0.717) is 25.8 Å². The number of hydrogen-bond acceptors (Lipinski definition) is 4. The average molecular weight is 479 g/mol. The first kappa shape index (κ1) is 24.8. The molecule has 1 aliphatic heterocycles. The zero-order valence-corrected chi connectivity index (χ0v) is 20.6. The molecule has 1 fully saturated rings. The van der Waals surface area contributed by atoms with Crippen LogP contribution in [0.2, 0.25) is 0 Å². The Hall–Kier alpha value is -3.35. The second kappa shape index (κ2) is 10.1. The van der Waals surface area contributed by atoms with Gasteiger partial charge in [0, 0.05) is 24.9 Å². The van der Waals surface area contributed by atoms with E-state index in [9.17, 15) is 19.5 Å². The molecular formula is C28H34N2O5. The number of likely N-dealkylation sites (tertiary alicyclic amines) is 1. The SMILES string of the molecule is CC(CCCC(=O)N1CCC(C)(C)C1C(=O)O)NC(=O)OCC1c2ccccc2-c2ccccc21. The summed E-state index contributed by atoms with van der Waals surface area (Å²) in [5.41, 5.74) is 4.26. The minimum atomic E-state index is -0.953. The summed E-state index contributed by atoms with van der Waals surface area (Å²) >= 11 is 0. The Morgan fingerprint density at radius 1 is 1.09 bits per heavy atom. The number of hydrogen-bond donors (Lipinski definition) is 2. The molecule has 2 amide bonds. The van der Waals surface area contributed by atoms with Crippen LogP contribution >= 0.6 is 0 Å². The zero-order chi connectivity index (χ0) is 25.2. The molecule has 0 aromatic heterocycles. The lowest BCUT2D eigenvalue weighted by Gasteiger charge is -2.29. The Morgan fingerprint density at radius 2 is 1.69 bits per heavy atom. The molecule has 1 aliphatic carbocycles. The highest BCUT2D eigenvalue weighted by Gasteiger charge is 2.46. The van der Waals surface area contributed by atoms with E-state index in [-0.39, 0.29) is 30.9 Å². The van der Waals surface area contributed by atoms with Gasteiger partial charge in [0.25, 0.3) is 0 Å². The fourth-order valence-electron chi connectivity index (χ4n) is 5.45. The molecule has 2 aromatic rings. The lowest BCUT2D eigenvalue weighted by Crippen LogP contribution is -2.46. The van der Waals surface area contributed by atoms with Crippen molar-refractivity contribution in [3.63, 3.8) is 0 Å². The molecule has 2 atom stereocenters. The van der Waals surface area contributed by atoms with Crippen LogP contribution in [-0.4, -0.2) is 53.2 Å². The normalized spacial score (nSPS) is 19.1. The second-order valence-electron chi connectivity index (χ2n) is 10.3. The van der Waals surface area contributed by atoms with Gasteiger partial charge in [-0.05, 0) is 53.9 Å². The van der Waals surface area contributed by atoms with Crippen molar-refractivity contribution in [1.29, 1.82) is 0 Å². The van der Waals surface area contributed by atoms with Crippen LogP contribution in [-0.2, 0) is 14.3 Å². The number of carboxylic acids is 1. The number of carbonyl (C=O) groups is 3. The summed E-state index contributed by atoms with van der Waals surface area (Å²) in [4.78, 5) is 38.3. The number of amides is 2. The van der Waals surface area contributed by atoms with E-state index in [1.807, 2.05) is 45.0 Å². The Balaban J connectivity index is 1.23. The van der Waals surface area contributed by atoms with E-state index in [4.69, 9.17) is 4.74 Å². The van der Waals surface area contributed by atoms with E-state index in [1.165, 1.54) is 16.0 Å². The Morgan fingerprint density at radius 3 is 2.29 bits per heavy atom. The van der Waals surface area contributed by atoms with Crippen LogP contribution in [0.1, 0.15) is 63.5 Å². The number of ether oxygens (including phenoxy) is 1. The molecule has 0 spiro atoms. The van der Waals surface area contributed by atoms with Gasteiger partial charge < -0.3 is 20.1 Å². The average Bonchev–Trinajstić information content (AvgIpc) is 3.31. The van der Waals surface area contributed by atoms with Crippen molar-refractivity contribution < 1.29 is 24.2 Å². The number of nitrogens with one attached hydrogen (secondary N) is 1. The van der Waals surface area contributed by atoms with Crippen molar-refractivity contribution >= 4 is 18.0 Å². The highest BCUT2D eigenvalue weighted by atomic mass is 16.5. The van der Waals surface area contributed by atoms with Crippen molar-refractivity contribution in [1.82, 2.24) is 10.2 Å². The minimum absolute atomic E-state index is 0.00738. The van der Waals surface area contributed by atoms with Crippen LogP contribution in [0.15, 0.2) is 48.5 Å². The quantitative estimate of drug-likeness (QED) is 0.568. The van der Waals surface area contributed by atoms with Crippen molar-refractivity contribution in [2.75, 3.05) is 13.2 Å². The third-order valence-electron chi connectivity index (χ3n) is 7.34. The number of carboxylic acid groups (broad SMARTS) is 1. The van der Waals surface area contributed by atoms with Crippen molar-refractivity contribution in [3.8, 4) is 11.1 Å². The minimum Gasteiger partial charge on any atom is -0.480 e. The summed E-state index contributed by atoms with van der Waals surface area (Å²) in [6.45, 7) is 6.38. The number of fused-ring (bicyclic) bond motifs is 3. The molecule has 4 rings (SSSR count). The number of carbonyl (C=O) groups excluding carboxylic acids is 2. The summed E-state index contributed by atoms with van der Waals surface area (Å²) in [5.74, 6) is -1.09. The van der Waals surface area contributed by atoms with E-state index in [0.717, 1.165) is 11.1 Å². The van der Waals surface area contributed by atoms with Crippen LogP contribution in [0.5, 0.6) is 0 Å². The molecular weight excluding hydrogens is 444 g/mol. The third-order valence-corrected chi connectivity index (χ3v) is 7.34. The van der Waals surface area contributed by atoms with Crippen molar-refractivity contribution in [2.45, 2.75) is 64.5 Å². The topological polar surface area (TPSA) is 95.9 Å². The molecule has 2 aromatic carbocycles. The Bertz CT molecular complexity index is 1070. The number of alkyl carbamates (subject to hydrolysis) is 1. The molecule has 2 unspecified atom stereocenters. The van der Waals surface area contributed by atoms with Crippen LogP contribution in [0.25, 0.3) is 11.1 Å². The number of nitrogens with zero attached hydrogens (tertiary/aromatic N) is 1. The summed E-state index contributed by atoms with van der Waals surface area (Å²) in [6.07, 6.45) is 1.63. The summed E-state index contributed by atoms with van der Waals surface area (Å²) < 4.78 is 5.59. The standard InChI is InChI=1S/C28H34N2O5/c1-18(9-8-14-24(31)30-16-15-28(2,3)25(30)26(32)33)29-27(34)35-17-23-21-12-6-4-10-19(21)20-11-5-7-13-22(20)23/h4-7,10-13,18,23,25H,8-9,14-17H2,1-3H3,(H,29,34)(H,32,33). The van der Waals surface area contributed by atoms with Gasteiger partial charge in [-0.25, -0.2) is 9.59 Å². The zero-order valence-electron chi connectivity index (χ0n) is 20.6. The van der Waals surface area contributed by atoms with Crippen molar-refractivity contribution in [2.24, 2.45) is 5.41 Å². The molecule has 2 aliphatic rings. The smallest absolute Gasteiger partial charge is 0.407 e. The summed E-state index contributed by atoms with van der Waals surface area (Å²) in [7, 11) is 0. The first-order valence-corrected chi connectivity index (χ1v) is 12.3. The van der Waals surface area contributed by atoms with Gasteiger partial charge in [-0.15, -0.1) is 0 Å². The monoisotopic (exact) mass is 478 g/mol. The van der Waals surface area contributed by atoms with Gasteiger partial charge >= 0.3 is 12.1 Å². The maximum atomic E-state index is 12.7. The van der Waals surface area contributed by atoms with Gasteiger partial charge in [-0.3, -0.25) is 4.79 Å². The predicted molar refractivity (Wildman–Crippen MR) is 133 cm³/mol. The molecule has 0 bridgehead atoms. The molecule has 1 saturated heterocycles. The largest absolute Gasteiger partial charge is 0.480 e. The third kappa shape index (κ3) is 5.19. The second-order valence-corrected chi connectivity index (χ2v) is 10.3. The predicted octanol–water partition coefficient (Wildman–Crippen LogP) is 4.80. The highest BCUT2D eigenvalue weighted by Crippen LogP contribution is 2.44. The number of rotatable bonds is 8. The van der Waals surface area contributed by atoms with E-state index < -0.39 is 23.5 Å². The molecule has 2 N–H and O–H groups in total. The highest BCUT2D eigenvalue weighted by molar-refractivity contribution is 5.85. The molecule has 7 nitrogen and oxygen atoms in total. The van der Waals surface area contributed by atoms with Gasteiger partial charge in [0.15, 0.2) is 0 Å². The maximum absolute atomic E-state index is 12.7. The molecule has 7 heteroatoms. The number of aliphatic carboxylic acids is 1. The van der Waals surface area contributed by atoms with Crippen LogP contribution in [0.3, 0.4) is 0 Å². The van der Waals surface area contributed by atoms with Crippen LogP contribution < -0.4 is 5.32 Å². The van der Waals surface area contributed by atoms with Gasteiger partial charge in [0.2, 0.25) is 5.91 Å². The van der Waals surface area contributed by atoms with E-state index in [2.05, 4.69) is 29.6 Å².